The summed E-state index contributed by atoms with van der Waals surface area (Å²) in [5, 5.41) is 5.61. The van der Waals surface area contributed by atoms with Gasteiger partial charge in [-0.25, -0.2) is 0 Å². The molecular weight excluding hydrogens is 254 g/mol. The quantitative estimate of drug-likeness (QED) is 0.786. The van der Waals surface area contributed by atoms with Gasteiger partial charge >= 0.3 is 0 Å². The normalized spacial score (nSPS) is 16.7. The number of nitrogens with two attached hydrogens (primary N) is 1. The topological polar surface area (TPSA) is 84.2 Å². The summed E-state index contributed by atoms with van der Waals surface area (Å²) in [5.41, 5.74) is 6.83. The first-order valence-corrected chi connectivity index (χ1v) is 6.95. The number of nitrogens with one attached hydrogen (secondary N) is 2. The molecule has 20 heavy (non-hydrogen) atoms. The van der Waals surface area contributed by atoms with Crippen molar-refractivity contribution in [3.63, 3.8) is 0 Å². The lowest BCUT2D eigenvalue weighted by atomic mass is 9.85. The van der Waals surface area contributed by atoms with Gasteiger partial charge in [-0.1, -0.05) is 12.8 Å². The van der Waals surface area contributed by atoms with Gasteiger partial charge in [-0.3, -0.25) is 9.59 Å². The first kappa shape index (κ1) is 14.5. The molecule has 2 amide bonds. The minimum atomic E-state index is -0.406. The fourth-order valence-electron chi connectivity index (χ4n) is 2.68. The van der Waals surface area contributed by atoms with Gasteiger partial charge in [0.2, 0.25) is 11.8 Å². The Morgan fingerprint density at radius 1 is 1.10 bits per heavy atom. The molecule has 108 valence electrons. The van der Waals surface area contributed by atoms with Gasteiger partial charge in [0.15, 0.2) is 0 Å². The van der Waals surface area contributed by atoms with E-state index in [1.807, 2.05) is 0 Å². The van der Waals surface area contributed by atoms with Crippen molar-refractivity contribution >= 4 is 23.2 Å². The number of rotatable bonds is 4. The average Bonchev–Trinajstić information content (AvgIpc) is 2.90. The predicted octanol–water partition coefficient (Wildman–Crippen LogP) is 2.10. The average molecular weight is 275 g/mol. The fourth-order valence-corrected chi connectivity index (χ4v) is 2.68. The summed E-state index contributed by atoms with van der Waals surface area (Å²) in [6.45, 7) is 1.85. The lowest BCUT2D eigenvalue weighted by Crippen LogP contribution is -2.40. The molecule has 0 spiro atoms. The lowest BCUT2D eigenvalue weighted by molar-refractivity contribution is -0.124. The number of amides is 2. The van der Waals surface area contributed by atoms with Crippen molar-refractivity contribution in [3.8, 4) is 0 Å². The van der Waals surface area contributed by atoms with Crippen LogP contribution in [0.2, 0.25) is 0 Å². The molecule has 5 nitrogen and oxygen atoms in total. The summed E-state index contributed by atoms with van der Waals surface area (Å²) in [6, 6.07) is 7.09. The van der Waals surface area contributed by atoms with Gasteiger partial charge in [0.1, 0.15) is 0 Å². The van der Waals surface area contributed by atoms with Gasteiger partial charge in [0.25, 0.3) is 0 Å². The minimum Gasteiger partial charge on any atom is -0.329 e. The minimum absolute atomic E-state index is 0.00442. The Morgan fingerprint density at radius 3 is 2.05 bits per heavy atom. The zero-order chi connectivity index (χ0) is 14.6. The molecule has 0 heterocycles. The van der Waals surface area contributed by atoms with Crippen LogP contribution in [0.15, 0.2) is 24.3 Å². The second-order valence-corrected chi connectivity index (χ2v) is 5.40. The molecule has 0 radical (unpaired) electrons. The van der Waals surface area contributed by atoms with Gasteiger partial charge in [0, 0.05) is 24.8 Å². The van der Waals surface area contributed by atoms with Crippen LogP contribution in [0.3, 0.4) is 0 Å². The van der Waals surface area contributed by atoms with Crippen molar-refractivity contribution in [2.75, 3.05) is 17.2 Å². The third-order valence-electron chi connectivity index (χ3n) is 3.90. The van der Waals surface area contributed by atoms with E-state index in [9.17, 15) is 9.59 Å². The lowest BCUT2D eigenvalue weighted by Gasteiger charge is -2.25. The largest absolute Gasteiger partial charge is 0.329 e. The first-order valence-electron chi connectivity index (χ1n) is 6.95. The van der Waals surface area contributed by atoms with Crippen LogP contribution in [0.25, 0.3) is 0 Å². The van der Waals surface area contributed by atoms with Crippen LogP contribution in [0.1, 0.15) is 32.6 Å². The van der Waals surface area contributed by atoms with Gasteiger partial charge in [-0.2, -0.15) is 0 Å². The molecule has 0 aromatic heterocycles. The predicted molar refractivity (Wildman–Crippen MR) is 79.3 cm³/mol. The van der Waals surface area contributed by atoms with Crippen LogP contribution in [0.4, 0.5) is 11.4 Å². The van der Waals surface area contributed by atoms with Crippen molar-refractivity contribution in [2.24, 2.45) is 11.1 Å². The molecule has 0 unspecified atom stereocenters. The Hall–Kier alpha value is -1.88. The van der Waals surface area contributed by atoms with E-state index in [4.69, 9.17) is 5.73 Å². The zero-order valence-corrected chi connectivity index (χ0v) is 11.7. The van der Waals surface area contributed by atoms with Crippen molar-refractivity contribution in [1.82, 2.24) is 0 Å². The summed E-state index contributed by atoms with van der Waals surface area (Å²) < 4.78 is 0. The van der Waals surface area contributed by atoms with E-state index in [0.29, 0.717) is 12.2 Å². The summed E-state index contributed by atoms with van der Waals surface area (Å²) in [7, 11) is 0. The molecule has 0 saturated heterocycles. The maximum absolute atomic E-state index is 12.4. The molecule has 5 heteroatoms. The molecule has 2 rings (SSSR count). The number of benzene rings is 1. The van der Waals surface area contributed by atoms with Crippen LogP contribution in [0, 0.1) is 5.41 Å². The monoisotopic (exact) mass is 275 g/mol. The summed E-state index contributed by atoms with van der Waals surface area (Å²) >= 11 is 0. The Balaban J connectivity index is 2.02. The third-order valence-corrected chi connectivity index (χ3v) is 3.90. The first-order chi connectivity index (χ1) is 9.55. The molecule has 1 fully saturated rings. The molecule has 1 aromatic rings. The Labute approximate surface area is 118 Å². The van der Waals surface area contributed by atoms with E-state index < -0.39 is 5.41 Å². The summed E-state index contributed by atoms with van der Waals surface area (Å²) in [6.07, 6.45) is 3.84. The Bertz CT molecular complexity index is 490. The highest BCUT2D eigenvalue weighted by Gasteiger charge is 2.39. The van der Waals surface area contributed by atoms with E-state index >= 15 is 0 Å². The standard InChI is InChI=1S/C15H21N3O2/c1-11(19)17-12-4-6-13(7-5-12)18-14(20)15(10-16)8-2-3-9-15/h4-7H,2-3,8-10,16H2,1H3,(H,17,19)(H,18,20). The Kier molecular flexibility index (Phi) is 4.39. The van der Waals surface area contributed by atoms with Crippen molar-refractivity contribution in [1.29, 1.82) is 0 Å². The van der Waals surface area contributed by atoms with Gasteiger partial charge in [0.05, 0.1) is 5.41 Å². The van der Waals surface area contributed by atoms with E-state index in [2.05, 4.69) is 10.6 Å². The SMILES string of the molecule is CC(=O)Nc1ccc(NC(=O)C2(CN)CCCC2)cc1. The van der Waals surface area contributed by atoms with Crippen molar-refractivity contribution < 1.29 is 9.59 Å². The van der Waals surface area contributed by atoms with Crippen LogP contribution in [-0.4, -0.2) is 18.4 Å². The summed E-state index contributed by atoms with van der Waals surface area (Å²) in [5.74, 6) is -0.111. The molecule has 0 atom stereocenters. The maximum atomic E-state index is 12.4. The van der Waals surface area contributed by atoms with Gasteiger partial charge in [-0.05, 0) is 37.1 Å². The number of carbonyl (C=O) groups is 2. The molecular formula is C15H21N3O2. The van der Waals surface area contributed by atoms with Crippen LogP contribution in [-0.2, 0) is 9.59 Å². The van der Waals surface area contributed by atoms with Crippen LogP contribution in [0.5, 0.6) is 0 Å². The number of anilines is 2. The van der Waals surface area contributed by atoms with E-state index in [0.717, 1.165) is 31.4 Å². The molecule has 1 saturated carbocycles. The van der Waals surface area contributed by atoms with Crippen LogP contribution >= 0.6 is 0 Å². The van der Waals surface area contributed by atoms with E-state index in [1.54, 1.807) is 24.3 Å². The van der Waals surface area contributed by atoms with Crippen LogP contribution < -0.4 is 16.4 Å². The molecule has 1 aromatic carbocycles. The van der Waals surface area contributed by atoms with Gasteiger partial charge < -0.3 is 16.4 Å². The van der Waals surface area contributed by atoms with Gasteiger partial charge in [-0.15, -0.1) is 0 Å². The second kappa shape index (κ2) is 6.05. The third kappa shape index (κ3) is 3.17. The molecule has 1 aliphatic carbocycles. The molecule has 4 N–H and O–H groups in total. The number of hydrogen-bond acceptors (Lipinski definition) is 3. The molecule has 1 aliphatic rings. The highest BCUT2D eigenvalue weighted by molar-refractivity contribution is 5.96. The highest BCUT2D eigenvalue weighted by atomic mass is 16.2. The Morgan fingerprint density at radius 2 is 1.60 bits per heavy atom. The highest BCUT2D eigenvalue weighted by Crippen LogP contribution is 2.38. The second-order valence-electron chi connectivity index (χ2n) is 5.40. The van der Waals surface area contributed by atoms with Crippen molar-refractivity contribution in [3.05, 3.63) is 24.3 Å². The zero-order valence-electron chi connectivity index (χ0n) is 11.7. The van der Waals surface area contributed by atoms with E-state index in [1.165, 1.54) is 6.92 Å². The maximum Gasteiger partial charge on any atom is 0.231 e. The number of carbonyl (C=O) groups excluding carboxylic acids is 2. The molecule has 0 bridgehead atoms. The summed E-state index contributed by atoms with van der Waals surface area (Å²) in [4.78, 5) is 23.3. The smallest absolute Gasteiger partial charge is 0.231 e. The fraction of sp³-hybridized carbons (Fsp3) is 0.467. The van der Waals surface area contributed by atoms with Crippen molar-refractivity contribution in [2.45, 2.75) is 32.6 Å². The number of hydrogen-bond donors (Lipinski definition) is 3. The van der Waals surface area contributed by atoms with E-state index in [-0.39, 0.29) is 11.8 Å². The molecule has 0 aliphatic heterocycles.